The van der Waals surface area contributed by atoms with Crippen LogP contribution in [-0.4, -0.2) is 18.6 Å². The van der Waals surface area contributed by atoms with Crippen molar-refractivity contribution in [2.45, 2.75) is 0 Å². The molecule has 0 spiro atoms. The van der Waals surface area contributed by atoms with Crippen LogP contribution in [0.5, 0.6) is 0 Å². The molecule has 0 radical (unpaired) electrons. The third-order valence-electron chi connectivity index (χ3n) is 7.58. The molecule has 0 fully saturated rings. The molecule has 0 amide bonds. The van der Waals surface area contributed by atoms with Crippen LogP contribution in [0.2, 0.25) is 0 Å². The van der Waals surface area contributed by atoms with E-state index in [1.807, 2.05) is 36.4 Å². The lowest BCUT2D eigenvalue weighted by Crippen LogP contribution is -2.27. The number of hydrogen-bond acceptors (Lipinski definition) is 6. The number of fused-ring (bicyclic) bond motifs is 1. The SMILES string of the molecule is CSCCN1C(/C=C/c2ccc(-c3ccc(N(c4ccccc4)c4ccccc4)cc3)s2)=CC(=C(C#N)C#N)c2ccccc21. The highest BCUT2D eigenvalue weighted by Crippen LogP contribution is 2.39. The summed E-state index contributed by atoms with van der Waals surface area (Å²) in [6, 6.07) is 46.0. The third kappa shape index (κ3) is 6.49. The summed E-state index contributed by atoms with van der Waals surface area (Å²) < 4.78 is 0. The fraction of sp³-hybridized carbons (Fsp3) is 0.0769. The second kappa shape index (κ2) is 14.0. The van der Waals surface area contributed by atoms with Crippen LogP contribution in [0.1, 0.15) is 10.4 Å². The van der Waals surface area contributed by atoms with Gasteiger partial charge in [-0.1, -0.05) is 66.7 Å². The molecule has 1 aliphatic rings. The summed E-state index contributed by atoms with van der Waals surface area (Å²) >= 11 is 3.53. The lowest BCUT2D eigenvalue weighted by atomic mass is 9.93. The molecule has 0 atom stereocenters. The molecule has 5 aromatic rings. The minimum Gasteiger partial charge on any atom is -0.340 e. The number of benzene rings is 4. The van der Waals surface area contributed by atoms with E-state index in [-0.39, 0.29) is 5.57 Å². The van der Waals surface area contributed by atoms with Crippen LogP contribution < -0.4 is 9.80 Å². The summed E-state index contributed by atoms with van der Waals surface area (Å²) in [7, 11) is 0. The molecule has 0 unspecified atom stereocenters. The van der Waals surface area contributed by atoms with E-state index in [2.05, 4.69) is 131 Å². The molecule has 4 nitrogen and oxygen atoms in total. The highest BCUT2D eigenvalue weighted by atomic mass is 32.2. The van der Waals surface area contributed by atoms with Crippen molar-refractivity contribution in [1.82, 2.24) is 0 Å². The topological polar surface area (TPSA) is 54.1 Å². The Morgan fingerprint density at radius 1 is 0.756 bits per heavy atom. The first-order chi connectivity index (χ1) is 22.2. The molecular formula is C39H30N4S2. The van der Waals surface area contributed by atoms with Crippen LogP contribution >= 0.6 is 23.1 Å². The highest BCUT2D eigenvalue weighted by Gasteiger charge is 2.23. The number of anilines is 4. The van der Waals surface area contributed by atoms with E-state index < -0.39 is 0 Å². The van der Waals surface area contributed by atoms with Gasteiger partial charge in [-0.15, -0.1) is 11.3 Å². The Kier molecular flexibility index (Phi) is 9.27. The zero-order valence-corrected chi connectivity index (χ0v) is 26.4. The summed E-state index contributed by atoms with van der Waals surface area (Å²) in [6.45, 7) is 0.821. The van der Waals surface area contributed by atoms with E-state index in [0.29, 0.717) is 5.57 Å². The van der Waals surface area contributed by atoms with Crippen LogP contribution in [0, 0.1) is 22.7 Å². The molecular weight excluding hydrogens is 589 g/mol. The summed E-state index contributed by atoms with van der Waals surface area (Å²) in [6.07, 6.45) is 8.29. The van der Waals surface area contributed by atoms with Gasteiger partial charge in [-0.3, -0.25) is 0 Å². The van der Waals surface area contributed by atoms with Crippen molar-refractivity contribution in [1.29, 1.82) is 10.5 Å². The number of allylic oxidation sites excluding steroid dienone is 4. The van der Waals surface area contributed by atoms with Crippen LogP contribution in [0.3, 0.4) is 0 Å². The average molecular weight is 619 g/mol. The number of thiophene rings is 1. The smallest absolute Gasteiger partial charge is 0.137 e. The number of rotatable bonds is 9. The van der Waals surface area contributed by atoms with Gasteiger partial charge in [0.2, 0.25) is 0 Å². The largest absolute Gasteiger partial charge is 0.340 e. The fourth-order valence-electron chi connectivity index (χ4n) is 5.44. The van der Waals surface area contributed by atoms with E-state index in [4.69, 9.17) is 0 Å². The first-order valence-corrected chi connectivity index (χ1v) is 16.8. The maximum Gasteiger partial charge on any atom is 0.137 e. The molecule has 0 saturated heterocycles. The Balaban J connectivity index is 1.28. The molecule has 45 heavy (non-hydrogen) atoms. The first kappa shape index (κ1) is 29.8. The lowest BCUT2D eigenvalue weighted by Gasteiger charge is -2.32. The van der Waals surface area contributed by atoms with Crippen molar-refractivity contribution in [3.63, 3.8) is 0 Å². The molecule has 0 N–H and O–H groups in total. The summed E-state index contributed by atoms with van der Waals surface area (Å²) in [4.78, 5) is 6.85. The quantitative estimate of drug-likeness (QED) is 0.154. The van der Waals surface area contributed by atoms with E-state index in [9.17, 15) is 10.5 Å². The average Bonchev–Trinajstić information content (AvgIpc) is 3.58. The van der Waals surface area contributed by atoms with Crippen LogP contribution in [0.15, 0.2) is 145 Å². The minimum absolute atomic E-state index is 0.123. The minimum atomic E-state index is 0.123. The Bertz CT molecular complexity index is 1900. The van der Waals surface area contributed by atoms with Gasteiger partial charge in [0.1, 0.15) is 17.7 Å². The van der Waals surface area contributed by atoms with Crippen molar-refractivity contribution < 1.29 is 0 Å². The highest BCUT2D eigenvalue weighted by molar-refractivity contribution is 7.98. The van der Waals surface area contributed by atoms with Crippen molar-refractivity contribution >= 4 is 57.5 Å². The standard InChI is InChI=1S/C39H30N4S2/c1-44-25-24-42-34(26-37(30(27-40)28-41)36-14-8-9-15-38(36)42)20-21-35-22-23-39(45-35)29-16-18-33(19-17-29)43(31-10-4-2-5-11-31)32-12-6-3-7-13-32/h2-23,26H,24-25H2,1H3/b21-20+. The number of para-hydroxylation sites is 3. The molecule has 2 heterocycles. The van der Waals surface area contributed by atoms with Crippen molar-refractivity contribution in [3.05, 3.63) is 155 Å². The van der Waals surface area contributed by atoms with Gasteiger partial charge in [-0.2, -0.15) is 22.3 Å². The van der Waals surface area contributed by atoms with Crippen molar-refractivity contribution in [2.24, 2.45) is 0 Å². The number of nitrogens with zero attached hydrogens (tertiary/aromatic N) is 4. The molecule has 6 heteroatoms. The van der Waals surface area contributed by atoms with Crippen LogP contribution in [-0.2, 0) is 0 Å². The Labute approximate surface area is 273 Å². The first-order valence-electron chi connectivity index (χ1n) is 14.6. The number of nitriles is 2. The molecule has 6 rings (SSSR count). The zero-order chi connectivity index (χ0) is 31.0. The predicted octanol–water partition coefficient (Wildman–Crippen LogP) is 10.5. The zero-order valence-electron chi connectivity index (χ0n) is 24.8. The van der Waals surface area contributed by atoms with Gasteiger partial charge in [0, 0.05) is 61.6 Å². The molecule has 1 aliphatic heterocycles. The Morgan fingerprint density at radius 3 is 2.02 bits per heavy atom. The predicted molar refractivity (Wildman–Crippen MR) is 192 cm³/mol. The normalized spacial score (nSPS) is 12.3. The fourth-order valence-corrected chi connectivity index (χ4v) is 6.72. The molecule has 0 bridgehead atoms. The molecule has 0 aliphatic carbocycles. The Morgan fingerprint density at radius 2 is 1.38 bits per heavy atom. The Hall–Kier alpha value is -5.27. The maximum absolute atomic E-state index is 9.68. The second-order valence-electron chi connectivity index (χ2n) is 10.3. The van der Waals surface area contributed by atoms with Crippen LogP contribution in [0.4, 0.5) is 22.7 Å². The van der Waals surface area contributed by atoms with Crippen molar-refractivity contribution in [2.75, 3.05) is 28.4 Å². The van der Waals surface area contributed by atoms with Gasteiger partial charge >= 0.3 is 0 Å². The second-order valence-corrected chi connectivity index (χ2v) is 12.4. The van der Waals surface area contributed by atoms with E-state index in [1.54, 1.807) is 23.1 Å². The van der Waals surface area contributed by atoms with E-state index in [1.165, 1.54) is 4.88 Å². The van der Waals surface area contributed by atoms with Gasteiger partial charge < -0.3 is 9.80 Å². The van der Waals surface area contributed by atoms with Gasteiger partial charge in [0.05, 0.1) is 0 Å². The maximum atomic E-state index is 9.68. The molecule has 4 aromatic carbocycles. The summed E-state index contributed by atoms with van der Waals surface area (Å²) in [5, 5.41) is 19.4. The third-order valence-corrected chi connectivity index (χ3v) is 9.28. The molecule has 218 valence electrons. The number of thioether (sulfide) groups is 1. The van der Waals surface area contributed by atoms with Gasteiger partial charge in [0.25, 0.3) is 0 Å². The molecule has 0 saturated carbocycles. The summed E-state index contributed by atoms with van der Waals surface area (Å²) in [5.74, 6) is 0.951. The summed E-state index contributed by atoms with van der Waals surface area (Å²) in [5.41, 5.74) is 8.16. The number of hydrogen-bond donors (Lipinski definition) is 0. The monoisotopic (exact) mass is 618 g/mol. The lowest BCUT2D eigenvalue weighted by molar-refractivity contribution is 0.979. The van der Waals surface area contributed by atoms with Gasteiger partial charge in [-0.05, 0) is 84.6 Å². The van der Waals surface area contributed by atoms with Gasteiger partial charge in [0.15, 0.2) is 0 Å². The van der Waals surface area contributed by atoms with E-state index >= 15 is 0 Å². The van der Waals surface area contributed by atoms with Crippen molar-refractivity contribution in [3.8, 4) is 22.6 Å². The molecule has 1 aromatic heterocycles. The van der Waals surface area contributed by atoms with Crippen LogP contribution in [0.25, 0.3) is 22.1 Å². The van der Waals surface area contributed by atoms with E-state index in [0.717, 1.165) is 56.7 Å². The van der Waals surface area contributed by atoms with Gasteiger partial charge in [-0.25, -0.2) is 0 Å².